The van der Waals surface area contributed by atoms with Crippen molar-refractivity contribution >= 4 is 34.3 Å². The molecule has 3 rings (SSSR count). The van der Waals surface area contributed by atoms with Gasteiger partial charge in [-0.15, -0.1) is 0 Å². The molecule has 1 aromatic heterocycles. The fourth-order valence-electron chi connectivity index (χ4n) is 2.43. The molecule has 7 heteroatoms. The minimum absolute atomic E-state index is 0.237. The highest BCUT2D eigenvalue weighted by Crippen LogP contribution is 2.29. The van der Waals surface area contributed by atoms with Crippen molar-refractivity contribution in [2.75, 3.05) is 7.11 Å². The van der Waals surface area contributed by atoms with E-state index in [1.807, 2.05) is 12.1 Å². The molecule has 3 aromatic rings. The Morgan fingerprint density at radius 3 is 2.80 bits per heavy atom. The van der Waals surface area contributed by atoms with Crippen LogP contribution in [0.15, 0.2) is 52.4 Å². The van der Waals surface area contributed by atoms with Crippen LogP contribution >= 0.6 is 23.4 Å². The molecule has 25 heavy (non-hydrogen) atoms. The number of benzene rings is 2. The second-order valence-corrected chi connectivity index (χ2v) is 7.00. The molecule has 0 bridgehead atoms. The van der Waals surface area contributed by atoms with Gasteiger partial charge in [0.2, 0.25) is 0 Å². The molecule has 126 valence electrons. The summed E-state index contributed by atoms with van der Waals surface area (Å²) in [4.78, 5) is 17.7. The minimum atomic E-state index is -0.371. The molecule has 1 heterocycles. The fourth-order valence-corrected chi connectivity index (χ4v) is 3.40. The van der Waals surface area contributed by atoms with Gasteiger partial charge in [-0.25, -0.2) is 4.98 Å². The lowest BCUT2D eigenvalue weighted by Crippen LogP contribution is -2.22. The quantitative estimate of drug-likeness (QED) is 0.511. The number of methoxy groups -OCH3 is 1. The van der Waals surface area contributed by atoms with Crippen LogP contribution in [0.25, 0.3) is 16.6 Å². The number of hydrogen-bond donors (Lipinski definition) is 0. The molecule has 0 N–H and O–H groups in total. The van der Waals surface area contributed by atoms with Crippen LogP contribution < -0.4 is 10.3 Å². The Morgan fingerprint density at radius 2 is 2.08 bits per heavy atom. The summed E-state index contributed by atoms with van der Waals surface area (Å²) in [6.45, 7) is 1.76. The monoisotopic (exact) mass is 371 g/mol. The number of hydrogen-bond acceptors (Lipinski definition) is 5. The van der Waals surface area contributed by atoms with Gasteiger partial charge in [-0.1, -0.05) is 35.5 Å². The van der Waals surface area contributed by atoms with Crippen LogP contribution in [0.1, 0.15) is 6.92 Å². The van der Waals surface area contributed by atoms with Crippen molar-refractivity contribution in [1.82, 2.24) is 9.55 Å². The number of para-hydroxylation sites is 2. The van der Waals surface area contributed by atoms with Gasteiger partial charge >= 0.3 is 0 Å². The average molecular weight is 372 g/mol. The molecule has 0 saturated carbocycles. The van der Waals surface area contributed by atoms with Crippen LogP contribution in [0.4, 0.5) is 0 Å². The van der Waals surface area contributed by atoms with Gasteiger partial charge in [-0.05, 0) is 37.3 Å². The molecule has 0 unspecified atom stereocenters. The van der Waals surface area contributed by atoms with E-state index in [-0.39, 0.29) is 10.8 Å². The third-order valence-corrected chi connectivity index (χ3v) is 4.77. The molecular formula is C18H14ClN3O2S. The van der Waals surface area contributed by atoms with Gasteiger partial charge in [0.05, 0.1) is 35.0 Å². The second-order valence-electron chi connectivity index (χ2n) is 5.26. The maximum absolute atomic E-state index is 13.1. The molecule has 1 atom stereocenters. The summed E-state index contributed by atoms with van der Waals surface area (Å²) < 4.78 is 6.87. The molecule has 0 aliphatic rings. The normalized spacial score (nSPS) is 11.9. The predicted molar refractivity (Wildman–Crippen MR) is 99.8 cm³/mol. The maximum Gasteiger partial charge on any atom is 0.266 e. The first-order chi connectivity index (χ1) is 12.0. The van der Waals surface area contributed by atoms with E-state index < -0.39 is 0 Å². The van der Waals surface area contributed by atoms with E-state index >= 15 is 0 Å². The molecule has 2 aromatic carbocycles. The molecular weight excluding hydrogens is 358 g/mol. The van der Waals surface area contributed by atoms with E-state index in [1.165, 1.54) is 16.3 Å². The van der Waals surface area contributed by atoms with Crippen LogP contribution in [0.2, 0.25) is 5.02 Å². The van der Waals surface area contributed by atoms with E-state index in [4.69, 9.17) is 21.6 Å². The number of nitriles is 1. The average Bonchev–Trinajstić information content (AvgIpc) is 2.61. The van der Waals surface area contributed by atoms with E-state index in [0.29, 0.717) is 32.5 Å². The van der Waals surface area contributed by atoms with E-state index in [9.17, 15) is 4.79 Å². The van der Waals surface area contributed by atoms with Crippen molar-refractivity contribution in [3.8, 4) is 17.5 Å². The van der Waals surface area contributed by atoms with Gasteiger partial charge in [0.25, 0.3) is 5.56 Å². The predicted octanol–water partition coefficient (Wildman–Crippen LogP) is 4.05. The van der Waals surface area contributed by atoms with Crippen molar-refractivity contribution in [3.63, 3.8) is 0 Å². The lowest BCUT2D eigenvalue weighted by Gasteiger charge is -2.16. The summed E-state index contributed by atoms with van der Waals surface area (Å²) >= 11 is 7.24. The number of fused-ring (bicyclic) bond motifs is 1. The van der Waals surface area contributed by atoms with Crippen molar-refractivity contribution in [3.05, 3.63) is 57.8 Å². The zero-order valence-electron chi connectivity index (χ0n) is 13.6. The smallest absolute Gasteiger partial charge is 0.266 e. The van der Waals surface area contributed by atoms with Crippen LogP contribution in [0.5, 0.6) is 5.75 Å². The summed E-state index contributed by atoms with van der Waals surface area (Å²) in [5.74, 6) is 0.547. The van der Waals surface area contributed by atoms with Crippen molar-refractivity contribution < 1.29 is 4.74 Å². The van der Waals surface area contributed by atoms with Crippen LogP contribution in [0, 0.1) is 11.3 Å². The molecule has 0 aliphatic heterocycles. The van der Waals surface area contributed by atoms with Gasteiger partial charge in [0, 0.05) is 5.02 Å². The summed E-state index contributed by atoms with van der Waals surface area (Å²) in [7, 11) is 1.54. The van der Waals surface area contributed by atoms with Crippen molar-refractivity contribution in [2.45, 2.75) is 17.3 Å². The Bertz CT molecular complexity index is 1040. The Hall–Kier alpha value is -2.49. The van der Waals surface area contributed by atoms with Crippen LogP contribution in [-0.4, -0.2) is 21.9 Å². The molecule has 0 spiro atoms. The Kier molecular flexibility index (Phi) is 4.98. The molecule has 0 saturated heterocycles. The maximum atomic E-state index is 13.1. The lowest BCUT2D eigenvalue weighted by molar-refractivity contribution is 0.411. The number of halogens is 1. The molecule has 0 aliphatic carbocycles. The van der Waals surface area contributed by atoms with Gasteiger partial charge in [0.1, 0.15) is 5.75 Å². The van der Waals surface area contributed by atoms with E-state index in [1.54, 1.807) is 44.4 Å². The van der Waals surface area contributed by atoms with Crippen LogP contribution in [0.3, 0.4) is 0 Å². The summed E-state index contributed by atoms with van der Waals surface area (Å²) in [6.07, 6.45) is 0. The van der Waals surface area contributed by atoms with Crippen molar-refractivity contribution in [1.29, 1.82) is 5.26 Å². The first kappa shape index (κ1) is 17.3. The third-order valence-electron chi connectivity index (χ3n) is 3.59. The van der Waals surface area contributed by atoms with Crippen molar-refractivity contribution in [2.24, 2.45) is 0 Å². The number of ether oxygens (including phenoxy) is 1. The fraction of sp³-hybridized carbons (Fsp3) is 0.167. The first-order valence-corrected chi connectivity index (χ1v) is 8.73. The van der Waals surface area contributed by atoms with Gasteiger partial charge in [-0.3, -0.25) is 9.36 Å². The highest BCUT2D eigenvalue weighted by Gasteiger charge is 2.18. The zero-order chi connectivity index (χ0) is 18.0. The lowest BCUT2D eigenvalue weighted by atomic mass is 10.2. The second kappa shape index (κ2) is 7.18. The third kappa shape index (κ3) is 3.34. The van der Waals surface area contributed by atoms with Gasteiger partial charge in [-0.2, -0.15) is 5.26 Å². The summed E-state index contributed by atoms with van der Waals surface area (Å²) in [5, 5.41) is 10.1. The summed E-state index contributed by atoms with van der Waals surface area (Å²) in [6, 6.07) is 14.3. The number of aromatic nitrogens is 2. The highest BCUT2D eigenvalue weighted by atomic mass is 35.5. The van der Waals surface area contributed by atoms with E-state index in [2.05, 4.69) is 11.1 Å². The van der Waals surface area contributed by atoms with Gasteiger partial charge in [0.15, 0.2) is 5.16 Å². The molecule has 0 amide bonds. The van der Waals surface area contributed by atoms with E-state index in [0.717, 1.165) is 0 Å². The topological polar surface area (TPSA) is 67.9 Å². The van der Waals surface area contributed by atoms with Gasteiger partial charge < -0.3 is 4.74 Å². The Balaban J connectivity index is 2.37. The molecule has 5 nitrogen and oxygen atoms in total. The molecule has 0 fully saturated rings. The number of thioether (sulfide) groups is 1. The van der Waals surface area contributed by atoms with Crippen LogP contribution in [-0.2, 0) is 0 Å². The highest BCUT2D eigenvalue weighted by molar-refractivity contribution is 8.00. The number of rotatable bonds is 4. The summed E-state index contributed by atoms with van der Waals surface area (Å²) in [5.41, 5.74) is 0.835. The number of nitrogens with zero attached hydrogens (tertiary/aromatic N) is 3. The minimum Gasteiger partial charge on any atom is -0.495 e. The molecule has 0 radical (unpaired) electrons. The first-order valence-electron chi connectivity index (χ1n) is 7.47. The Morgan fingerprint density at radius 1 is 1.32 bits per heavy atom. The SMILES string of the molecule is COc1ccccc1-n1c(S[C@H](C)C#N)nc2cc(Cl)ccc2c1=O. The standard InChI is InChI=1S/C18H14ClN3O2S/c1-11(10-20)25-18-21-14-9-12(19)7-8-13(14)17(23)22(18)15-5-3-4-6-16(15)24-2/h3-9,11H,1-2H3/t11-/m1/s1. The zero-order valence-corrected chi connectivity index (χ0v) is 15.1. The largest absolute Gasteiger partial charge is 0.495 e. The Labute approximate surface area is 153 Å².